The van der Waals surface area contributed by atoms with Crippen molar-refractivity contribution in [3.8, 4) is 22.9 Å². The Morgan fingerprint density at radius 2 is 1.91 bits per heavy atom. The molecule has 0 aliphatic heterocycles. The van der Waals surface area contributed by atoms with Crippen LogP contribution in [0.15, 0.2) is 55.0 Å². The summed E-state index contributed by atoms with van der Waals surface area (Å²) in [5.41, 5.74) is 2.85. The van der Waals surface area contributed by atoms with Gasteiger partial charge in [0, 0.05) is 29.7 Å². The zero-order valence-electron chi connectivity index (χ0n) is 19.5. The summed E-state index contributed by atoms with van der Waals surface area (Å²) in [6.45, 7) is 6.33. The second kappa shape index (κ2) is 9.57. The molecular formula is C26H30N4O3. The van der Waals surface area contributed by atoms with Gasteiger partial charge in [-0.25, -0.2) is 9.97 Å². The molecular weight excluding hydrogens is 416 g/mol. The fraction of sp³-hybridized carbons (Fsp3) is 0.385. The first-order chi connectivity index (χ1) is 15.9. The van der Waals surface area contributed by atoms with Gasteiger partial charge in [-0.05, 0) is 48.9 Å². The lowest BCUT2D eigenvalue weighted by molar-refractivity contribution is -0.129. The minimum Gasteiger partial charge on any atom is -0.493 e. The van der Waals surface area contributed by atoms with Crippen molar-refractivity contribution in [1.29, 1.82) is 0 Å². The number of nitrogens with one attached hydrogen (secondary N) is 1. The first-order valence-corrected chi connectivity index (χ1v) is 11.3. The number of fused-ring (bicyclic) bond motifs is 1. The average molecular weight is 447 g/mol. The molecule has 1 aliphatic carbocycles. The van der Waals surface area contributed by atoms with Crippen molar-refractivity contribution < 1.29 is 14.3 Å². The Bertz CT molecular complexity index is 1120. The molecule has 0 saturated carbocycles. The van der Waals surface area contributed by atoms with Crippen LogP contribution in [0, 0.1) is 5.41 Å². The Balaban J connectivity index is 1.57. The van der Waals surface area contributed by atoms with Gasteiger partial charge in [-0.3, -0.25) is 9.78 Å². The summed E-state index contributed by atoms with van der Waals surface area (Å²) in [7, 11) is 1.59. The predicted octanol–water partition coefficient (Wildman–Crippen LogP) is 4.53. The number of benzene rings is 1. The summed E-state index contributed by atoms with van der Waals surface area (Å²) < 4.78 is 11.4. The van der Waals surface area contributed by atoms with E-state index in [0.29, 0.717) is 23.7 Å². The predicted molar refractivity (Wildman–Crippen MR) is 126 cm³/mol. The fourth-order valence-corrected chi connectivity index (χ4v) is 4.27. The largest absolute Gasteiger partial charge is 0.493 e. The number of pyridine rings is 1. The van der Waals surface area contributed by atoms with Crippen LogP contribution in [0.5, 0.6) is 11.5 Å². The second-order valence-electron chi connectivity index (χ2n) is 9.10. The van der Waals surface area contributed by atoms with Crippen molar-refractivity contribution in [3.05, 3.63) is 66.2 Å². The van der Waals surface area contributed by atoms with Crippen LogP contribution >= 0.6 is 0 Å². The molecule has 4 rings (SSSR count). The van der Waals surface area contributed by atoms with E-state index in [1.165, 1.54) is 0 Å². The van der Waals surface area contributed by atoms with Gasteiger partial charge >= 0.3 is 0 Å². The van der Waals surface area contributed by atoms with Crippen molar-refractivity contribution in [1.82, 2.24) is 20.3 Å². The van der Waals surface area contributed by atoms with Crippen molar-refractivity contribution in [2.45, 2.75) is 52.2 Å². The van der Waals surface area contributed by atoms with Crippen molar-refractivity contribution >= 4 is 5.91 Å². The molecule has 0 bridgehead atoms. The monoisotopic (exact) mass is 446 g/mol. The molecule has 1 aromatic carbocycles. The number of ether oxygens (including phenoxy) is 2. The number of amides is 1. The molecule has 2 aromatic heterocycles. The number of hydrogen-bond acceptors (Lipinski definition) is 6. The molecule has 1 aliphatic rings. The third kappa shape index (κ3) is 5.13. The molecule has 0 fully saturated rings. The topological polar surface area (TPSA) is 86.2 Å². The van der Waals surface area contributed by atoms with E-state index in [1.54, 1.807) is 19.5 Å². The van der Waals surface area contributed by atoms with Crippen LogP contribution < -0.4 is 14.8 Å². The number of hydrogen-bond donors (Lipinski definition) is 1. The van der Waals surface area contributed by atoms with Crippen LogP contribution in [0.3, 0.4) is 0 Å². The van der Waals surface area contributed by atoms with Gasteiger partial charge in [-0.1, -0.05) is 32.9 Å². The van der Waals surface area contributed by atoms with Gasteiger partial charge in [0.1, 0.15) is 0 Å². The Labute approximate surface area is 194 Å². The van der Waals surface area contributed by atoms with Gasteiger partial charge in [-0.2, -0.15) is 0 Å². The van der Waals surface area contributed by atoms with E-state index in [2.05, 4.69) is 29.1 Å². The van der Waals surface area contributed by atoms with Gasteiger partial charge < -0.3 is 14.8 Å². The molecule has 0 unspecified atom stereocenters. The summed E-state index contributed by atoms with van der Waals surface area (Å²) in [6, 6.07) is 11.0. The molecule has 0 radical (unpaired) electrons. The number of para-hydroxylation sites is 2. The molecule has 0 saturated heterocycles. The minimum atomic E-state index is -0.633. The van der Waals surface area contributed by atoms with Crippen molar-refractivity contribution in [2.75, 3.05) is 7.11 Å². The van der Waals surface area contributed by atoms with Crippen LogP contribution in [0.25, 0.3) is 11.4 Å². The standard InChI is InChI=1S/C26H30N4O3/c1-5-21(33-23-9-7-6-8-22(23)32-4)25(31)30-20-15-26(2,3)14-19-18(20)16-28-24(29-19)17-10-12-27-13-11-17/h6-13,16,20-21H,5,14-15H2,1-4H3,(H,30,31)/t20-,21+/m1/s1. The summed E-state index contributed by atoms with van der Waals surface area (Å²) >= 11 is 0. The van der Waals surface area contributed by atoms with Gasteiger partial charge in [0.25, 0.3) is 5.91 Å². The van der Waals surface area contributed by atoms with Crippen molar-refractivity contribution in [3.63, 3.8) is 0 Å². The Hall–Kier alpha value is -3.48. The summed E-state index contributed by atoms with van der Waals surface area (Å²) in [6.07, 6.45) is 6.84. The van der Waals surface area contributed by atoms with E-state index in [4.69, 9.17) is 14.5 Å². The number of methoxy groups -OCH3 is 1. The molecule has 0 spiro atoms. The van der Waals surface area contributed by atoms with E-state index in [-0.39, 0.29) is 17.4 Å². The normalized spacial score (nSPS) is 17.5. The molecule has 2 atom stereocenters. The van der Waals surface area contributed by atoms with Crippen LogP contribution in [-0.2, 0) is 11.2 Å². The minimum absolute atomic E-state index is 0.0139. The lowest BCUT2D eigenvalue weighted by Crippen LogP contribution is -2.43. The molecule has 172 valence electrons. The summed E-state index contributed by atoms with van der Waals surface area (Å²) in [5, 5.41) is 3.20. The highest BCUT2D eigenvalue weighted by molar-refractivity contribution is 5.81. The van der Waals surface area contributed by atoms with Crippen LogP contribution in [0.1, 0.15) is 50.9 Å². The Morgan fingerprint density at radius 3 is 2.61 bits per heavy atom. The fourth-order valence-electron chi connectivity index (χ4n) is 4.27. The van der Waals surface area contributed by atoms with Gasteiger partial charge in [0.15, 0.2) is 23.4 Å². The van der Waals surface area contributed by atoms with E-state index < -0.39 is 6.10 Å². The molecule has 33 heavy (non-hydrogen) atoms. The maximum absolute atomic E-state index is 13.2. The highest BCUT2D eigenvalue weighted by Gasteiger charge is 2.35. The van der Waals surface area contributed by atoms with E-state index >= 15 is 0 Å². The SMILES string of the molecule is CC[C@H](Oc1ccccc1OC)C(=O)N[C@@H]1CC(C)(C)Cc2nc(-c3ccncc3)ncc21. The first-order valence-electron chi connectivity index (χ1n) is 11.3. The molecule has 3 aromatic rings. The number of aromatic nitrogens is 3. The Morgan fingerprint density at radius 1 is 1.18 bits per heavy atom. The quantitative estimate of drug-likeness (QED) is 0.574. The van der Waals surface area contributed by atoms with Gasteiger partial charge in [-0.15, -0.1) is 0 Å². The highest BCUT2D eigenvalue weighted by atomic mass is 16.5. The van der Waals surface area contributed by atoms with E-state index in [1.807, 2.05) is 49.5 Å². The third-order valence-electron chi connectivity index (χ3n) is 5.93. The van der Waals surface area contributed by atoms with Crippen LogP contribution in [0.2, 0.25) is 0 Å². The van der Waals surface area contributed by atoms with Gasteiger partial charge in [0.2, 0.25) is 0 Å². The molecule has 2 heterocycles. The van der Waals surface area contributed by atoms with E-state index in [0.717, 1.165) is 29.7 Å². The molecule has 1 amide bonds. The zero-order chi connectivity index (χ0) is 23.4. The maximum atomic E-state index is 13.2. The maximum Gasteiger partial charge on any atom is 0.261 e. The number of carbonyl (C=O) groups is 1. The Kier molecular flexibility index (Phi) is 6.58. The van der Waals surface area contributed by atoms with Gasteiger partial charge in [0.05, 0.1) is 18.8 Å². The number of carbonyl (C=O) groups excluding carboxylic acids is 1. The average Bonchev–Trinajstić information content (AvgIpc) is 2.82. The highest BCUT2D eigenvalue weighted by Crippen LogP contribution is 2.40. The number of nitrogens with zero attached hydrogens (tertiary/aromatic N) is 3. The van der Waals surface area contributed by atoms with E-state index in [9.17, 15) is 4.79 Å². The molecule has 1 N–H and O–H groups in total. The smallest absolute Gasteiger partial charge is 0.261 e. The second-order valence-corrected chi connectivity index (χ2v) is 9.10. The number of rotatable bonds is 7. The third-order valence-corrected chi connectivity index (χ3v) is 5.93. The van der Waals surface area contributed by atoms with Crippen molar-refractivity contribution in [2.24, 2.45) is 5.41 Å². The summed E-state index contributed by atoms with van der Waals surface area (Å²) in [5.74, 6) is 1.67. The molecule has 7 heteroatoms. The first kappa shape index (κ1) is 22.7. The lowest BCUT2D eigenvalue weighted by atomic mass is 9.74. The van der Waals surface area contributed by atoms with Crippen LogP contribution in [-0.4, -0.2) is 34.1 Å². The van der Waals surface area contributed by atoms with Crippen LogP contribution in [0.4, 0.5) is 0 Å². The lowest BCUT2D eigenvalue weighted by Gasteiger charge is -2.37. The molecule has 7 nitrogen and oxygen atoms in total. The zero-order valence-corrected chi connectivity index (χ0v) is 19.5. The summed E-state index contributed by atoms with van der Waals surface area (Å²) in [4.78, 5) is 26.7.